The minimum Gasteiger partial charge on any atom is -0.294 e. The minimum absolute atomic E-state index is 0.0438. The van der Waals surface area contributed by atoms with E-state index in [1.807, 2.05) is 0 Å². The van der Waals surface area contributed by atoms with Gasteiger partial charge >= 0.3 is 6.18 Å². The van der Waals surface area contributed by atoms with Gasteiger partial charge in [-0.2, -0.15) is 13.2 Å². The first-order valence-corrected chi connectivity index (χ1v) is 8.08. The number of hydrogen-bond acceptors (Lipinski definition) is 1. The van der Waals surface area contributed by atoms with Crippen molar-refractivity contribution >= 4 is 5.78 Å². The summed E-state index contributed by atoms with van der Waals surface area (Å²) in [5.41, 5.74) is -0.848. The summed E-state index contributed by atoms with van der Waals surface area (Å²) in [5, 5.41) is 0. The summed E-state index contributed by atoms with van der Waals surface area (Å²) in [6, 6.07) is 4.99. The maximum Gasteiger partial charge on any atom is 0.416 e. The lowest BCUT2D eigenvalue weighted by atomic mass is 9.48. The van der Waals surface area contributed by atoms with Crippen LogP contribution in [0.4, 0.5) is 13.2 Å². The summed E-state index contributed by atoms with van der Waals surface area (Å²) >= 11 is 0. The molecule has 0 heterocycles. The van der Waals surface area contributed by atoms with E-state index in [9.17, 15) is 18.0 Å². The van der Waals surface area contributed by atoms with Crippen LogP contribution < -0.4 is 0 Å². The third kappa shape index (κ3) is 2.19. The summed E-state index contributed by atoms with van der Waals surface area (Å²) in [4.78, 5) is 13.0. The van der Waals surface area contributed by atoms with Crippen LogP contribution in [0.15, 0.2) is 24.3 Å². The number of hydrogen-bond donors (Lipinski definition) is 0. The molecule has 4 bridgehead atoms. The van der Waals surface area contributed by atoms with Crippen LogP contribution in [-0.4, -0.2) is 5.78 Å². The van der Waals surface area contributed by atoms with E-state index < -0.39 is 11.7 Å². The fourth-order valence-corrected chi connectivity index (χ4v) is 5.53. The second-order valence-electron chi connectivity index (χ2n) is 7.61. The molecule has 4 aliphatic rings. The molecular formula is C18H19F3O. The van der Waals surface area contributed by atoms with Crippen molar-refractivity contribution in [2.24, 2.45) is 23.2 Å². The zero-order chi connectivity index (χ0) is 15.5. The molecule has 4 heteroatoms. The summed E-state index contributed by atoms with van der Waals surface area (Å²) in [7, 11) is 0. The molecule has 118 valence electrons. The molecule has 1 aromatic rings. The second-order valence-corrected chi connectivity index (χ2v) is 7.61. The third-order valence-corrected chi connectivity index (χ3v) is 5.97. The zero-order valence-electron chi connectivity index (χ0n) is 12.3. The number of benzene rings is 1. The molecule has 0 radical (unpaired) electrons. The van der Waals surface area contributed by atoms with Crippen LogP contribution in [0.25, 0.3) is 0 Å². The molecule has 0 aromatic heterocycles. The van der Waals surface area contributed by atoms with Crippen molar-refractivity contribution in [1.82, 2.24) is 0 Å². The molecule has 0 saturated heterocycles. The first-order chi connectivity index (χ1) is 10.4. The number of Topliss-reactive ketones (excluding diaryl/α,β-unsaturated/α-hetero) is 1. The van der Waals surface area contributed by atoms with E-state index in [-0.39, 0.29) is 16.8 Å². The van der Waals surface area contributed by atoms with Crippen LogP contribution in [0.5, 0.6) is 0 Å². The van der Waals surface area contributed by atoms with E-state index in [1.54, 1.807) is 6.07 Å². The van der Waals surface area contributed by atoms with E-state index in [4.69, 9.17) is 0 Å². The van der Waals surface area contributed by atoms with Crippen molar-refractivity contribution in [1.29, 1.82) is 0 Å². The first kappa shape index (κ1) is 14.3. The van der Waals surface area contributed by atoms with Crippen molar-refractivity contribution in [3.8, 4) is 0 Å². The number of ketones is 1. The SMILES string of the molecule is O=C(c1cccc(C(F)(F)F)c1)C12CC3CC(CC(C3)C1)C2. The molecule has 0 amide bonds. The molecule has 5 rings (SSSR count). The Balaban J connectivity index is 1.67. The number of carbonyl (C=O) groups is 1. The molecule has 0 N–H and O–H groups in total. The summed E-state index contributed by atoms with van der Waals surface area (Å²) in [6.45, 7) is 0. The molecule has 0 aliphatic heterocycles. The van der Waals surface area contributed by atoms with Gasteiger partial charge in [-0.3, -0.25) is 4.79 Å². The van der Waals surface area contributed by atoms with Gasteiger partial charge in [0.25, 0.3) is 0 Å². The van der Waals surface area contributed by atoms with Gasteiger partial charge in [-0.1, -0.05) is 12.1 Å². The number of alkyl halides is 3. The quantitative estimate of drug-likeness (QED) is 0.694. The van der Waals surface area contributed by atoms with Gasteiger partial charge in [-0.25, -0.2) is 0 Å². The topological polar surface area (TPSA) is 17.1 Å². The van der Waals surface area contributed by atoms with E-state index >= 15 is 0 Å². The molecule has 0 atom stereocenters. The lowest BCUT2D eigenvalue weighted by Gasteiger charge is -2.56. The summed E-state index contributed by atoms with van der Waals surface area (Å²) in [6.07, 6.45) is 1.91. The standard InChI is InChI=1S/C18H19F3O/c19-18(20,21)15-3-1-2-14(7-15)16(22)17-8-11-4-12(9-17)6-13(5-11)10-17/h1-3,7,11-13H,4-6,8-10H2. The monoisotopic (exact) mass is 308 g/mol. The van der Waals surface area contributed by atoms with E-state index in [0.29, 0.717) is 17.8 Å². The minimum atomic E-state index is -4.39. The summed E-state index contributed by atoms with van der Waals surface area (Å²) < 4.78 is 38.6. The predicted octanol–water partition coefficient (Wildman–Crippen LogP) is 5.10. The van der Waals surface area contributed by atoms with Crippen LogP contribution in [0.1, 0.15) is 54.4 Å². The number of carbonyl (C=O) groups excluding carboxylic acids is 1. The largest absolute Gasteiger partial charge is 0.416 e. The fraction of sp³-hybridized carbons (Fsp3) is 0.611. The van der Waals surface area contributed by atoms with Crippen LogP contribution in [0, 0.1) is 23.2 Å². The Morgan fingerprint density at radius 2 is 1.55 bits per heavy atom. The smallest absolute Gasteiger partial charge is 0.294 e. The van der Waals surface area contributed by atoms with Gasteiger partial charge in [0.15, 0.2) is 5.78 Å². The van der Waals surface area contributed by atoms with Crippen molar-refractivity contribution in [2.75, 3.05) is 0 Å². The lowest BCUT2D eigenvalue weighted by molar-refractivity contribution is -0.137. The highest BCUT2D eigenvalue weighted by molar-refractivity contribution is 6.01. The van der Waals surface area contributed by atoms with Gasteiger partial charge in [0.1, 0.15) is 0 Å². The molecule has 0 spiro atoms. The van der Waals surface area contributed by atoms with Gasteiger partial charge in [-0.05, 0) is 68.4 Å². The Bertz CT molecular complexity index is 582. The third-order valence-electron chi connectivity index (χ3n) is 5.97. The Hall–Kier alpha value is -1.32. The van der Waals surface area contributed by atoms with Crippen molar-refractivity contribution in [3.05, 3.63) is 35.4 Å². The highest BCUT2D eigenvalue weighted by atomic mass is 19.4. The fourth-order valence-electron chi connectivity index (χ4n) is 5.53. The normalized spacial score (nSPS) is 36.6. The Morgan fingerprint density at radius 1 is 1.00 bits per heavy atom. The number of rotatable bonds is 2. The van der Waals surface area contributed by atoms with Gasteiger partial charge < -0.3 is 0 Å². The highest BCUT2D eigenvalue weighted by Gasteiger charge is 2.54. The van der Waals surface area contributed by atoms with Gasteiger partial charge in [0, 0.05) is 11.0 Å². The Labute approximate surface area is 127 Å². The van der Waals surface area contributed by atoms with Gasteiger partial charge in [0.05, 0.1) is 5.56 Å². The average Bonchev–Trinajstić information content (AvgIpc) is 2.44. The van der Waals surface area contributed by atoms with Gasteiger partial charge in [-0.15, -0.1) is 0 Å². The van der Waals surface area contributed by atoms with Crippen molar-refractivity contribution in [3.63, 3.8) is 0 Å². The van der Waals surface area contributed by atoms with Crippen LogP contribution in [-0.2, 0) is 6.18 Å². The maximum absolute atomic E-state index is 13.0. The molecule has 1 aromatic carbocycles. The summed E-state index contributed by atoms with van der Waals surface area (Å²) in [5.74, 6) is 1.79. The van der Waals surface area contributed by atoms with E-state index in [2.05, 4.69) is 0 Å². The van der Waals surface area contributed by atoms with Crippen LogP contribution in [0.2, 0.25) is 0 Å². The second kappa shape index (κ2) is 4.59. The first-order valence-electron chi connectivity index (χ1n) is 8.08. The van der Waals surface area contributed by atoms with Crippen LogP contribution in [0.3, 0.4) is 0 Å². The zero-order valence-corrected chi connectivity index (χ0v) is 12.3. The van der Waals surface area contributed by atoms with Crippen molar-refractivity contribution in [2.45, 2.75) is 44.7 Å². The molecular weight excluding hydrogens is 289 g/mol. The average molecular weight is 308 g/mol. The lowest BCUT2D eigenvalue weighted by Crippen LogP contribution is -2.50. The molecule has 4 aliphatic carbocycles. The molecule has 4 fully saturated rings. The maximum atomic E-state index is 13.0. The predicted molar refractivity (Wildman–Crippen MR) is 76.4 cm³/mol. The van der Waals surface area contributed by atoms with Crippen molar-refractivity contribution < 1.29 is 18.0 Å². The van der Waals surface area contributed by atoms with Gasteiger partial charge in [0.2, 0.25) is 0 Å². The van der Waals surface area contributed by atoms with E-state index in [0.717, 1.165) is 31.4 Å². The molecule has 22 heavy (non-hydrogen) atoms. The highest BCUT2D eigenvalue weighted by Crippen LogP contribution is 2.61. The Morgan fingerprint density at radius 3 is 2.05 bits per heavy atom. The molecule has 4 saturated carbocycles. The van der Waals surface area contributed by atoms with E-state index in [1.165, 1.54) is 25.3 Å². The van der Waals surface area contributed by atoms with Crippen LogP contribution >= 0.6 is 0 Å². The Kier molecular flexibility index (Phi) is 2.98. The molecule has 1 nitrogen and oxygen atoms in total. The molecule has 0 unspecified atom stereocenters. The number of halogens is 3.